The smallest absolute Gasteiger partial charge is 0.317 e. The Morgan fingerprint density at radius 2 is 1.95 bits per heavy atom. The summed E-state index contributed by atoms with van der Waals surface area (Å²) in [4.78, 5) is 31.3. The Kier molecular flexibility index (Phi) is 4.79. The number of carbonyl (C=O) groups is 2. The molecule has 0 radical (unpaired) electrons. The normalized spacial score (nSPS) is 15.1. The molecule has 0 unspecified atom stereocenters. The van der Waals surface area contributed by atoms with Crippen LogP contribution in [0, 0.1) is 0 Å². The van der Waals surface area contributed by atoms with Gasteiger partial charge in [-0.2, -0.15) is 0 Å². The quantitative estimate of drug-likeness (QED) is 0.835. The first-order valence-corrected chi connectivity index (χ1v) is 6.94. The fourth-order valence-electron chi connectivity index (χ4n) is 2.09. The third kappa shape index (κ3) is 3.19. The molecule has 6 nitrogen and oxygen atoms in total. The van der Waals surface area contributed by atoms with Gasteiger partial charge in [0.15, 0.2) is 0 Å². The number of rotatable bonds is 2. The van der Waals surface area contributed by atoms with Gasteiger partial charge in [0, 0.05) is 38.9 Å². The molecule has 0 aromatic carbocycles. The molecule has 7 heteroatoms. The number of hydrogen-bond acceptors (Lipinski definition) is 3. The summed E-state index contributed by atoms with van der Waals surface area (Å²) in [6.45, 7) is 4.53. The van der Waals surface area contributed by atoms with Crippen LogP contribution in [0.5, 0.6) is 0 Å². The fraction of sp³-hybridized carbons (Fsp3) is 0.462. The standard InChI is InChI=1S/C13H17ClN4O2/c1-2-15-13(20)18-8-6-17(7-9-18)12(19)10-4-3-5-16-11(10)14/h3-5H,2,6-9H2,1H3,(H,15,20). The summed E-state index contributed by atoms with van der Waals surface area (Å²) in [7, 11) is 0. The Hall–Kier alpha value is -1.82. The van der Waals surface area contributed by atoms with Crippen molar-refractivity contribution in [1.29, 1.82) is 0 Å². The Bertz CT molecular complexity index is 501. The van der Waals surface area contributed by atoms with Gasteiger partial charge in [-0.15, -0.1) is 0 Å². The third-order valence-electron chi connectivity index (χ3n) is 3.17. The highest BCUT2D eigenvalue weighted by Gasteiger charge is 2.25. The minimum absolute atomic E-state index is 0.0843. The summed E-state index contributed by atoms with van der Waals surface area (Å²) in [6, 6.07) is 3.26. The summed E-state index contributed by atoms with van der Waals surface area (Å²) in [5, 5.41) is 2.96. The van der Waals surface area contributed by atoms with Crippen LogP contribution in [0.2, 0.25) is 5.15 Å². The number of urea groups is 1. The number of pyridine rings is 1. The van der Waals surface area contributed by atoms with Crippen LogP contribution in [0.25, 0.3) is 0 Å². The molecule has 2 heterocycles. The molecule has 1 aliphatic rings. The Labute approximate surface area is 122 Å². The Balaban J connectivity index is 1.96. The summed E-state index contributed by atoms with van der Waals surface area (Å²) in [5.41, 5.74) is 0.403. The van der Waals surface area contributed by atoms with Crippen molar-refractivity contribution >= 4 is 23.5 Å². The average molecular weight is 297 g/mol. The van der Waals surface area contributed by atoms with Gasteiger partial charge in [0.05, 0.1) is 5.56 Å². The molecule has 108 valence electrons. The molecule has 2 rings (SSSR count). The fourth-order valence-corrected chi connectivity index (χ4v) is 2.29. The number of aromatic nitrogens is 1. The first-order chi connectivity index (χ1) is 9.63. The number of carbonyl (C=O) groups excluding carboxylic acids is 2. The van der Waals surface area contributed by atoms with Gasteiger partial charge < -0.3 is 15.1 Å². The van der Waals surface area contributed by atoms with Crippen LogP contribution in [-0.4, -0.2) is 59.4 Å². The molecule has 0 aliphatic carbocycles. The number of halogens is 1. The molecule has 1 fully saturated rings. The number of nitrogens with zero attached hydrogens (tertiary/aromatic N) is 3. The monoisotopic (exact) mass is 296 g/mol. The molecule has 3 amide bonds. The minimum Gasteiger partial charge on any atom is -0.338 e. The summed E-state index contributed by atoms with van der Waals surface area (Å²) < 4.78 is 0. The predicted molar refractivity (Wildman–Crippen MR) is 75.8 cm³/mol. The van der Waals surface area contributed by atoms with E-state index in [4.69, 9.17) is 11.6 Å². The zero-order valence-corrected chi connectivity index (χ0v) is 12.1. The van der Waals surface area contributed by atoms with Crippen molar-refractivity contribution in [2.24, 2.45) is 0 Å². The van der Waals surface area contributed by atoms with Gasteiger partial charge in [0.2, 0.25) is 0 Å². The summed E-state index contributed by atoms with van der Waals surface area (Å²) in [6.07, 6.45) is 1.55. The van der Waals surface area contributed by atoms with Crippen molar-refractivity contribution in [3.8, 4) is 0 Å². The summed E-state index contributed by atoms with van der Waals surface area (Å²) >= 11 is 5.93. The number of piperazine rings is 1. The van der Waals surface area contributed by atoms with E-state index in [-0.39, 0.29) is 17.1 Å². The maximum atomic E-state index is 12.3. The molecule has 1 aliphatic heterocycles. The van der Waals surface area contributed by atoms with Crippen LogP contribution in [0.3, 0.4) is 0 Å². The molecular formula is C13H17ClN4O2. The van der Waals surface area contributed by atoms with Crippen LogP contribution >= 0.6 is 11.6 Å². The van der Waals surface area contributed by atoms with E-state index in [2.05, 4.69) is 10.3 Å². The van der Waals surface area contributed by atoms with E-state index in [1.165, 1.54) is 0 Å². The highest BCUT2D eigenvalue weighted by molar-refractivity contribution is 6.32. The van der Waals surface area contributed by atoms with Gasteiger partial charge in [-0.3, -0.25) is 4.79 Å². The highest BCUT2D eigenvalue weighted by Crippen LogP contribution is 2.15. The number of amides is 3. The number of hydrogen-bond donors (Lipinski definition) is 1. The van der Waals surface area contributed by atoms with Crippen LogP contribution < -0.4 is 5.32 Å². The van der Waals surface area contributed by atoms with Crippen molar-refractivity contribution in [3.05, 3.63) is 29.0 Å². The van der Waals surface area contributed by atoms with E-state index in [0.717, 1.165) is 0 Å². The first-order valence-electron chi connectivity index (χ1n) is 6.56. The maximum absolute atomic E-state index is 12.3. The SMILES string of the molecule is CCNC(=O)N1CCN(C(=O)c2cccnc2Cl)CC1. The van der Waals surface area contributed by atoms with E-state index in [0.29, 0.717) is 38.3 Å². The molecule has 0 spiro atoms. The summed E-state index contributed by atoms with van der Waals surface area (Å²) in [5.74, 6) is -0.140. The zero-order valence-electron chi connectivity index (χ0n) is 11.3. The van der Waals surface area contributed by atoms with Gasteiger partial charge in [-0.1, -0.05) is 11.6 Å². The van der Waals surface area contributed by atoms with E-state index in [9.17, 15) is 9.59 Å². The van der Waals surface area contributed by atoms with Crippen molar-refractivity contribution in [1.82, 2.24) is 20.1 Å². The third-order valence-corrected chi connectivity index (χ3v) is 3.47. The molecule has 1 aromatic rings. The second-order valence-corrected chi connectivity index (χ2v) is 4.81. The molecule has 1 N–H and O–H groups in total. The maximum Gasteiger partial charge on any atom is 0.317 e. The van der Waals surface area contributed by atoms with Gasteiger partial charge >= 0.3 is 6.03 Å². The van der Waals surface area contributed by atoms with Gasteiger partial charge in [-0.25, -0.2) is 9.78 Å². The van der Waals surface area contributed by atoms with Gasteiger partial charge in [-0.05, 0) is 19.1 Å². The second-order valence-electron chi connectivity index (χ2n) is 4.46. The minimum atomic E-state index is -0.140. The van der Waals surface area contributed by atoms with Gasteiger partial charge in [0.1, 0.15) is 5.15 Å². The Morgan fingerprint density at radius 1 is 1.30 bits per heavy atom. The molecule has 0 saturated carbocycles. The predicted octanol–water partition coefficient (Wildman–Crippen LogP) is 1.22. The lowest BCUT2D eigenvalue weighted by atomic mass is 10.2. The van der Waals surface area contributed by atoms with E-state index in [1.54, 1.807) is 28.1 Å². The second kappa shape index (κ2) is 6.56. The van der Waals surface area contributed by atoms with Crippen molar-refractivity contribution in [2.75, 3.05) is 32.7 Å². The molecule has 1 aromatic heterocycles. The van der Waals surface area contributed by atoms with Crippen LogP contribution in [-0.2, 0) is 0 Å². The Morgan fingerprint density at radius 3 is 2.55 bits per heavy atom. The zero-order chi connectivity index (χ0) is 14.5. The first kappa shape index (κ1) is 14.6. The molecule has 20 heavy (non-hydrogen) atoms. The van der Waals surface area contributed by atoms with Crippen LogP contribution in [0.15, 0.2) is 18.3 Å². The van der Waals surface area contributed by atoms with Crippen LogP contribution in [0.4, 0.5) is 4.79 Å². The van der Waals surface area contributed by atoms with E-state index < -0.39 is 0 Å². The largest absolute Gasteiger partial charge is 0.338 e. The van der Waals surface area contributed by atoms with Crippen LogP contribution in [0.1, 0.15) is 17.3 Å². The van der Waals surface area contributed by atoms with E-state index in [1.807, 2.05) is 6.92 Å². The number of nitrogens with one attached hydrogen (secondary N) is 1. The van der Waals surface area contributed by atoms with Crippen molar-refractivity contribution in [2.45, 2.75) is 6.92 Å². The lowest BCUT2D eigenvalue weighted by Crippen LogP contribution is -2.53. The topological polar surface area (TPSA) is 65.5 Å². The average Bonchev–Trinajstić information content (AvgIpc) is 2.47. The lowest BCUT2D eigenvalue weighted by Gasteiger charge is -2.34. The van der Waals surface area contributed by atoms with Crippen molar-refractivity contribution in [3.63, 3.8) is 0 Å². The molecule has 1 saturated heterocycles. The molecule has 0 bridgehead atoms. The van der Waals surface area contributed by atoms with Gasteiger partial charge in [0.25, 0.3) is 5.91 Å². The van der Waals surface area contributed by atoms with Crippen molar-refractivity contribution < 1.29 is 9.59 Å². The lowest BCUT2D eigenvalue weighted by molar-refractivity contribution is 0.0665. The molecule has 0 atom stereocenters. The highest BCUT2D eigenvalue weighted by atomic mass is 35.5. The van der Waals surface area contributed by atoms with E-state index >= 15 is 0 Å². The molecular weight excluding hydrogens is 280 g/mol.